The monoisotopic (exact) mass is 260 g/mol. The average Bonchev–Trinajstić information content (AvgIpc) is 2.78. The number of ether oxygens (including phenoxy) is 1. The van der Waals surface area contributed by atoms with Gasteiger partial charge in [0.05, 0.1) is 11.7 Å². The minimum atomic E-state index is -0.190. The lowest BCUT2D eigenvalue weighted by molar-refractivity contribution is 0.194. The molecule has 0 atom stereocenters. The first-order valence-corrected chi connectivity index (χ1v) is 6.97. The van der Waals surface area contributed by atoms with E-state index < -0.39 is 0 Å². The van der Waals surface area contributed by atoms with E-state index in [0.717, 1.165) is 18.5 Å². The summed E-state index contributed by atoms with van der Waals surface area (Å²) in [5, 5.41) is 4.11. The molecular formula is C14H20N4O. The standard InChI is InChI=1S/C14H20N4O/c15-14(7-3-1-2-4-8-14)11-19-13-6-10-18-12(17-13)5-9-16-18/h5-6,9-10H,1-4,7-8,11,15H2. The number of fused-ring (bicyclic) bond motifs is 1. The molecule has 2 aromatic heterocycles. The van der Waals surface area contributed by atoms with E-state index in [0.29, 0.717) is 12.5 Å². The zero-order valence-electron chi connectivity index (χ0n) is 11.1. The van der Waals surface area contributed by atoms with Crippen LogP contribution in [0.25, 0.3) is 5.65 Å². The van der Waals surface area contributed by atoms with E-state index in [1.54, 1.807) is 10.7 Å². The number of rotatable bonds is 3. The largest absolute Gasteiger partial charge is 0.476 e. The lowest BCUT2D eigenvalue weighted by Crippen LogP contribution is -2.45. The Morgan fingerprint density at radius 1 is 1.21 bits per heavy atom. The Morgan fingerprint density at radius 2 is 2.00 bits per heavy atom. The van der Waals surface area contributed by atoms with Crippen molar-refractivity contribution in [1.82, 2.24) is 14.6 Å². The fraction of sp³-hybridized carbons (Fsp3) is 0.571. The lowest BCUT2D eigenvalue weighted by atomic mass is 9.93. The molecule has 0 amide bonds. The van der Waals surface area contributed by atoms with E-state index >= 15 is 0 Å². The second kappa shape index (κ2) is 5.17. The Labute approximate surface area is 112 Å². The first-order valence-electron chi connectivity index (χ1n) is 6.97. The van der Waals surface area contributed by atoms with Crippen molar-refractivity contribution in [2.24, 2.45) is 5.73 Å². The number of nitrogens with two attached hydrogens (primary N) is 1. The zero-order valence-corrected chi connectivity index (χ0v) is 11.1. The van der Waals surface area contributed by atoms with Gasteiger partial charge in [0.1, 0.15) is 6.61 Å². The number of hydrogen-bond donors (Lipinski definition) is 1. The molecule has 1 saturated carbocycles. The first-order chi connectivity index (χ1) is 9.25. The molecule has 0 unspecified atom stereocenters. The van der Waals surface area contributed by atoms with Gasteiger partial charge in [0.15, 0.2) is 5.65 Å². The summed E-state index contributed by atoms with van der Waals surface area (Å²) < 4.78 is 7.52. The molecule has 2 heterocycles. The van der Waals surface area contributed by atoms with Gasteiger partial charge in [0.25, 0.3) is 0 Å². The van der Waals surface area contributed by atoms with Gasteiger partial charge in [-0.3, -0.25) is 0 Å². The molecule has 5 heteroatoms. The molecule has 0 spiro atoms. The van der Waals surface area contributed by atoms with Gasteiger partial charge < -0.3 is 10.5 Å². The van der Waals surface area contributed by atoms with E-state index in [9.17, 15) is 0 Å². The molecule has 2 aromatic rings. The summed E-state index contributed by atoms with van der Waals surface area (Å²) in [6.45, 7) is 0.546. The molecule has 1 aliphatic carbocycles. The van der Waals surface area contributed by atoms with Crippen LogP contribution in [0.2, 0.25) is 0 Å². The molecule has 5 nitrogen and oxygen atoms in total. The van der Waals surface area contributed by atoms with Gasteiger partial charge in [-0.05, 0) is 12.8 Å². The summed E-state index contributed by atoms with van der Waals surface area (Å²) >= 11 is 0. The Kier molecular flexibility index (Phi) is 3.38. The smallest absolute Gasteiger partial charge is 0.216 e. The van der Waals surface area contributed by atoms with Gasteiger partial charge in [0, 0.05) is 18.3 Å². The van der Waals surface area contributed by atoms with Crippen LogP contribution < -0.4 is 10.5 Å². The van der Waals surface area contributed by atoms with Crippen LogP contribution in [0.1, 0.15) is 38.5 Å². The van der Waals surface area contributed by atoms with Crippen LogP contribution in [0.4, 0.5) is 0 Å². The molecule has 0 aromatic carbocycles. The normalized spacial score (nSPS) is 19.2. The minimum Gasteiger partial charge on any atom is -0.476 e. The molecule has 102 valence electrons. The first kappa shape index (κ1) is 12.4. The third kappa shape index (κ3) is 2.87. The highest BCUT2D eigenvalue weighted by Crippen LogP contribution is 2.25. The fourth-order valence-corrected chi connectivity index (χ4v) is 2.67. The summed E-state index contributed by atoms with van der Waals surface area (Å²) in [6.07, 6.45) is 10.7. The maximum Gasteiger partial charge on any atom is 0.216 e. The van der Waals surface area contributed by atoms with Crippen molar-refractivity contribution in [3.05, 3.63) is 24.5 Å². The lowest BCUT2D eigenvalue weighted by Gasteiger charge is -2.27. The summed E-state index contributed by atoms with van der Waals surface area (Å²) in [5.41, 5.74) is 7.04. The van der Waals surface area contributed by atoms with Crippen LogP contribution in [0.15, 0.2) is 24.5 Å². The number of nitrogens with zero attached hydrogens (tertiary/aromatic N) is 3. The highest BCUT2D eigenvalue weighted by atomic mass is 16.5. The summed E-state index contributed by atoms with van der Waals surface area (Å²) in [4.78, 5) is 4.40. The van der Waals surface area contributed by atoms with Crippen LogP contribution in [0.3, 0.4) is 0 Å². The third-order valence-electron chi connectivity index (χ3n) is 3.84. The van der Waals surface area contributed by atoms with Crippen molar-refractivity contribution in [3.8, 4) is 5.88 Å². The molecule has 1 fully saturated rings. The maximum absolute atomic E-state index is 6.43. The van der Waals surface area contributed by atoms with Crippen LogP contribution in [0.5, 0.6) is 5.88 Å². The molecule has 1 aliphatic rings. The Balaban J connectivity index is 1.67. The number of aromatic nitrogens is 3. The highest BCUT2D eigenvalue weighted by Gasteiger charge is 2.27. The van der Waals surface area contributed by atoms with Crippen LogP contribution in [-0.2, 0) is 0 Å². The van der Waals surface area contributed by atoms with Crippen molar-refractivity contribution < 1.29 is 4.74 Å². The summed E-state index contributed by atoms with van der Waals surface area (Å²) in [5.74, 6) is 0.627. The van der Waals surface area contributed by atoms with Crippen molar-refractivity contribution >= 4 is 5.65 Å². The minimum absolute atomic E-state index is 0.190. The van der Waals surface area contributed by atoms with Crippen LogP contribution in [-0.4, -0.2) is 26.7 Å². The van der Waals surface area contributed by atoms with E-state index in [2.05, 4.69) is 10.1 Å². The maximum atomic E-state index is 6.43. The number of hydrogen-bond acceptors (Lipinski definition) is 4. The van der Waals surface area contributed by atoms with Gasteiger partial charge >= 0.3 is 0 Å². The molecule has 2 N–H and O–H groups in total. The third-order valence-corrected chi connectivity index (χ3v) is 3.84. The summed E-state index contributed by atoms with van der Waals surface area (Å²) in [7, 11) is 0. The summed E-state index contributed by atoms with van der Waals surface area (Å²) in [6, 6.07) is 3.69. The van der Waals surface area contributed by atoms with E-state index in [-0.39, 0.29) is 5.54 Å². The van der Waals surface area contributed by atoms with Crippen molar-refractivity contribution in [1.29, 1.82) is 0 Å². The molecule has 0 saturated heterocycles. The second-order valence-electron chi connectivity index (χ2n) is 5.47. The SMILES string of the molecule is NC1(COc2ccn3nccc3n2)CCCCCC1. The molecule has 0 bridgehead atoms. The molecular weight excluding hydrogens is 240 g/mol. The van der Waals surface area contributed by atoms with Crippen LogP contribution >= 0.6 is 0 Å². The van der Waals surface area contributed by atoms with Gasteiger partial charge in [-0.15, -0.1) is 0 Å². The van der Waals surface area contributed by atoms with Gasteiger partial charge in [-0.1, -0.05) is 25.7 Å². The highest BCUT2D eigenvalue weighted by molar-refractivity contribution is 5.37. The van der Waals surface area contributed by atoms with E-state index in [1.807, 2.05) is 18.3 Å². The van der Waals surface area contributed by atoms with E-state index in [4.69, 9.17) is 10.5 Å². The van der Waals surface area contributed by atoms with Gasteiger partial charge in [-0.25, -0.2) is 4.52 Å². The predicted octanol–water partition coefficient (Wildman–Crippen LogP) is 2.16. The molecule has 0 radical (unpaired) electrons. The average molecular weight is 260 g/mol. The van der Waals surface area contributed by atoms with E-state index in [1.165, 1.54) is 25.7 Å². The zero-order chi connectivity index (χ0) is 13.1. The van der Waals surface area contributed by atoms with Gasteiger partial charge in [-0.2, -0.15) is 10.1 Å². The Bertz CT molecular complexity index is 543. The topological polar surface area (TPSA) is 65.4 Å². The quantitative estimate of drug-likeness (QED) is 0.859. The van der Waals surface area contributed by atoms with Crippen LogP contribution in [0, 0.1) is 0 Å². The van der Waals surface area contributed by atoms with Crippen molar-refractivity contribution in [2.45, 2.75) is 44.1 Å². The van der Waals surface area contributed by atoms with Crippen molar-refractivity contribution in [2.75, 3.05) is 6.61 Å². The predicted molar refractivity (Wildman–Crippen MR) is 73.1 cm³/mol. The fourth-order valence-electron chi connectivity index (χ4n) is 2.67. The van der Waals surface area contributed by atoms with Crippen molar-refractivity contribution in [3.63, 3.8) is 0 Å². The Hall–Kier alpha value is -1.62. The second-order valence-corrected chi connectivity index (χ2v) is 5.47. The Morgan fingerprint density at radius 3 is 2.79 bits per heavy atom. The molecule has 0 aliphatic heterocycles. The molecule has 3 rings (SSSR count). The molecule has 19 heavy (non-hydrogen) atoms. The van der Waals surface area contributed by atoms with Gasteiger partial charge in [0.2, 0.25) is 5.88 Å².